The van der Waals surface area contributed by atoms with Gasteiger partial charge in [-0.15, -0.1) is 12.4 Å². The first-order chi connectivity index (χ1) is 10.2. The largest absolute Gasteiger partial charge is 0.484 e. The zero-order valence-electron chi connectivity index (χ0n) is 13.4. The van der Waals surface area contributed by atoms with Gasteiger partial charge in [0.25, 0.3) is 0 Å². The molecule has 0 aromatic heterocycles. The zero-order valence-corrected chi connectivity index (χ0v) is 14.2. The number of piperidine rings is 1. The second-order valence-corrected chi connectivity index (χ2v) is 6.61. The summed E-state index contributed by atoms with van der Waals surface area (Å²) in [5, 5.41) is 0. The Hall–Kier alpha value is -0.980. The summed E-state index contributed by atoms with van der Waals surface area (Å²) in [6, 6.07) is 7.05. The molecule has 2 N–H and O–H groups in total. The molecule has 2 rings (SSSR count). The van der Waals surface area contributed by atoms with E-state index in [9.17, 15) is 13.2 Å². The first kappa shape index (κ1) is 20.1. The van der Waals surface area contributed by atoms with Crippen molar-refractivity contribution in [2.24, 2.45) is 11.1 Å². The molecule has 0 amide bonds. The van der Waals surface area contributed by atoms with Crippen LogP contribution in [-0.4, -0.2) is 36.8 Å². The molecule has 0 spiro atoms. The van der Waals surface area contributed by atoms with E-state index in [-0.39, 0.29) is 23.9 Å². The van der Waals surface area contributed by atoms with Crippen molar-refractivity contribution in [3.63, 3.8) is 0 Å². The van der Waals surface area contributed by atoms with Crippen LogP contribution in [0.3, 0.4) is 0 Å². The Bertz CT molecular complexity index is 508. The molecule has 3 nitrogen and oxygen atoms in total. The number of para-hydroxylation sites is 1. The van der Waals surface area contributed by atoms with Gasteiger partial charge in [-0.1, -0.05) is 32.0 Å². The summed E-state index contributed by atoms with van der Waals surface area (Å²) in [5.41, 5.74) is 6.89. The summed E-state index contributed by atoms with van der Waals surface area (Å²) in [7, 11) is 0. The van der Waals surface area contributed by atoms with Crippen molar-refractivity contribution in [2.45, 2.75) is 39.0 Å². The number of benzene rings is 1. The number of nitrogens with zero attached hydrogens (tertiary/aromatic N) is 1. The minimum absolute atomic E-state index is 0. The maximum atomic E-state index is 12.3. The van der Waals surface area contributed by atoms with Crippen molar-refractivity contribution in [3.05, 3.63) is 29.8 Å². The van der Waals surface area contributed by atoms with Gasteiger partial charge in [0.1, 0.15) is 5.75 Å². The van der Waals surface area contributed by atoms with Crippen molar-refractivity contribution in [1.82, 2.24) is 4.90 Å². The molecule has 7 heteroatoms. The van der Waals surface area contributed by atoms with E-state index in [2.05, 4.69) is 18.7 Å². The monoisotopic (exact) mass is 352 g/mol. The van der Waals surface area contributed by atoms with E-state index in [4.69, 9.17) is 10.5 Å². The fourth-order valence-electron chi connectivity index (χ4n) is 2.80. The molecule has 0 bridgehead atoms. The van der Waals surface area contributed by atoms with Crippen LogP contribution in [0.15, 0.2) is 24.3 Å². The highest BCUT2D eigenvalue weighted by molar-refractivity contribution is 5.85. The van der Waals surface area contributed by atoms with Gasteiger partial charge in [0.05, 0.1) is 0 Å². The van der Waals surface area contributed by atoms with Crippen LogP contribution in [0.25, 0.3) is 0 Å². The van der Waals surface area contributed by atoms with Gasteiger partial charge in [0, 0.05) is 31.2 Å². The van der Waals surface area contributed by atoms with E-state index in [1.165, 1.54) is 0 Å². The summed E-state index contributed by atoms with van der Waals surface area (Å²) in [6.45, 7) is 5.22. The number of nitrogens with two attached hydrogens (primary N) is 1. The first-order valence-corrected chi connectivity index (χ1v) is 7.43. The molecular formula is C16H24ClF3N2O. The lowest BCUT2D eigenvalue weighted by Crippen LogP contribution is -2.52. The Morgan fingerprint density at radius 1 is 1.30 bits per heavy atom. The van der Waals surface area contributed by atoms with E-state index >= 15 is 0 Å². The molecule has 1 aromatic rings. The number of hydrogen-bond donors (Lipinski definition) is 1. The van der Waals surface area contributed by atoms with Gasteiger partial charge in [-0.2, -0.15) is 13.2 Å². The van der Waals surface area contributed by atoms with Crippen LogP contribution in [-0.2, 0) is 6.54 Å². The smallest absolute Gasteiger partial charge is 0.422 e. The van der Waals surface area contributed by atoms with Crippen LogP contribution in [0.1, 0.15) is 25.8 Å². The van der Waals surface area contributed by atoms with Crippen molar-refractivity contribution in [1.29, 1.82) is 0 Å². The van der Waals surface area contributed by atoms with Crippen molar-refractivity contribution in [2.75, 3.05) is 19.7 Å². The SMILES string of the molecule is CC1(C)CN(Cc2ccccc2OCC(F)(F)F)CCC1N.Cl. The molecule has 1 fully saturated rings. The third-order valence-corrected chi connectivity index (χ3v) is 4.15. The Morgan fingerprint density at radius 2 is 1.96 bits per heavy atom. The summed E-state index contributed by atoms with van der Waals surface area (Å²) in [6.07, 6.45) is -3.44. The van der Waals surface area contributed by atoms with Gasteiger partial charge in [0.15, 0.2) is 6.61 Å². The van der Waals surface area contributed by atoms with Crippen LogP contribution in [0, 0.1) is 5.41 Å². The van der Waals surface area contributed by atoms with Gasteiger partial charge in [-0.25, -0.2) is 0 Å². The van der Waals surface area contributed by atoms with Crippen LogP contribution < -0.4 is 10.5 Å². The van der Waals surface area contributed by atoms with Gasteiger partial charge < -0.3 is 10.5 Å². The fourth-order valence-corrected chi connectivity index (χ4v) is 2.80. The summed E-state index contributed by atoms with van der Waals surface area (Å²) < 4.78 is 41.9. The molecule has 1 heterocycles. The standard InChI is InChI=1S/C16H23F3N2O.ClH/c1-15(2)10-21(8-7-14(15)20)9-12-5-3-4-6-13(12)22-11-16(17,18)19;/h3-6,14H,7-11,20H2,1-2H3;1H. The maximum Gasteiger partial charge on any atom is 0.422 e. The van der Waals surface area contributed by atoms with Gasteiger partial charge in [0.2, 0.25) is 0 Å². The average Bonchev–Trinajstić information content (AvgIpc) is 2.41. The summed E-state index contributed by atoms with van der Waals surface area (Å²) >= 11 is 0. The van der Waals surface area contributed by atoms with Crippen LogP contribution in [0.4, 0.5) is 13.2 Å². The van der Waals surface area contributed by atoms with E-state index in [0.717, 1.165) is 25.1 Å². The van der Waals surface area contributed by atoms with Crippen LogP contribution >= 0.6 is 12.4 Å². The average molecular weight is 353 g/mol. The number of hydrogen-bond acceptors (Lipinski definition) is 3. The van der Waals surface area contributed by atoms with Crippen molar-refractivity contribution >= 4 is 12.4 Å². The molecule has 1 saturated heterocycles. The topological polar surface area (TPSA) is 38.5 Å². The Balaban J connectivity index is 0.00000264. The highest BCUT2D eigenvalue weighted by atomic mass is 35.5. The number of likely N-dealkylation sites (tertiary alicyclic amines) is 1. The fraction of sp³-hybridized carbons (Fsp3) is 0.625. The molecule has 0 radical (unpaired) electrons. The molecule has 1 aliphatic rings. The predicted molar refractivity (Wildman–Crippen MR) is 86.9 cm³/mol. The summed E-state index contributed by atoms with van der Waals surface area (Å²) in [5.74, 6) is 0.299. The van der Waals surface area contributed by atoms with E-state index < -0.39 is 12.8 Å². The second-order valence-electron chi connectivity index (χ2n) is 6.61. The molecular weight excluding hydrogens is 329 g/mol. The zero-order chi connectivity index (χ0) is 16.4. The molecule has 1 aliphatic heterocycles. The Kier molecular flexibility index (Phi) is 6.74. The predicted octanol–water partition coefficient (Wildman–Crippen LogP) is 3.61. The first-order valence-electron chi connectivity index (χ1n) is 7.43. The molecule has 1 unspecified atom stereocenters. The lowest BCUT2D eigenvalue weighted by Gasteiger charge is -2.42. The van der Waals surface area contributed by atoms with E-state index in [1.54, 1.807) is 12.1 Å². The van der Waals surface area contributed by atoms with Gasteiger partial charge in [-0.3, -0.25) is 4.90 Å². The third kappa shape index (κ3) is 5.86. The second kappa shape index (κ2) is 7.73. The molecule has 0 saturated carbocycles. The quantitative estimate of drug-likeness (QED) is 0.899. The number of ether oxygens (including phenoxy) is 1. The number of rotatable bonds is 4. The van der Waals surface area contributed by atoms with E-state index in [1.807, 2.05) is 12.1 Å². The highest BCUT2D eigenvalue weighted by Crippen LogP contribution is 2.30. The van der Waals surface area contributed by atoms with E-state index in [0.29, 0.717) is 12.3 Å². The molecule has 1 aromatic carbocycles. The Morgan fingerprint density at radius 3 is 2.57 bits per heavy atom. The Labute approximate surface area is 141 Å². The molecule has 23 heavy (non-hydrogen) atoms. The van der Waals surface area contributed by atoms with Gasteiger partial charge in [-0.05, 0) is 17.9 Å². The van der Waals surface area contributed by atoms with Crippen LogP contribution in [0.2, 0.25) is 0 Å². The van der Waals surface area contributed by atoms with Crippen molar-refractivity contribution < 1.29 is 17.9 Å². The van der Waals surface area contributed by atoms with Gasteiger partial charge >= 0.3 is 6.18 Å². The molecule has 132 valence electrons. The maximum absolute atomic E-state index is 12.3. The minimum Gasteiger partial charge on any atom is -0.484 e. The lowest BCUT2D eigenvalue weighted by molar-refractivity contribution is -0.153. The number of halogens is 4. The number of alkyl halides is 3. The molecule has 1 atom stereocenters. The third-order valence-electron chi connectivity index (χ3n) is 4.15. The van der Waals surface area contributed by atoms with Crippen LogP contribution in [0.5, 0.6) is 5.75 Å². The minimum atomic E-state index is -4.33. The summed E-state index contributed by atoms with van der Waals surface area (Å²) in [4.78, 5) is 2.22. The highest BCUT2D eigenvalue weighted by Gasteiger charge is 2.33. The molecule has 0 aliphatic carbocycles. The lowest BCUT2D eigenvalue weighted by atomic mass is 9.79. The van der Waals surface area contributed by atoms with Crippen molar-refractivity contribution in [3.8, 4) is 5.75 Å². The normalized spacial score (nSPS) is 21.6.